The van der Waals surface area contributed by atoms with Gasteiger partial charge in [-0.15, -0.1) is 0 Å². The first-order valence-electron chi connectivity index (χ1n) is 14.8. The van der Waals surface area contributed by atoms with Crippen LogP contribution in [0.1, 0.15) is 86.9 Å². The van der Waals surface area contributed by atoms with E-state index in [1.807, 2.05) is 31.2 Å². The first kappa shape index (κ1) is 32.5. The second-order valence-corrected chi connectivity index (χ2v) is 10.5. The number of hydrogen-bond acceptors (Lipinski definition) is 7. The molecule has 0 spiro atoms. The van der Waals surface area contributed by atoms with Crippen molar-refractivity contribution in [2.75, 3.05) is 13.2 Å². The van der Waals surface area contributed by atoms with Crippen LogP contribution in [0, 0.1) is 5.92 Å². The Hall–Kier alpha value is -3.97. The number of carbonyl (C=O) groups excluding carboxylic acids is 3. The zero-order valence-electron chi connectivity index (χ0n) is 25.1. The Morgan fingerprint density at radius 2 is 1.19 bits per heavy atom. The summed E-state index contributed by atoms with van der Waals surface area (Å²) < 4.78 is 21.7. The van der Waals surface area contributed by atoms with Gasteiger partial charge >= 0.3 is 17.9 Å². The lowest BCUT2D eigenvalue weighted by Crippen LogP contribution is -2.26. The van der Waals surface area contributed by atoms with Crippen LogP contribution in [0.2, 0.25) is 0 Å². The van der Waals surface area contributed by atoms with E-state index in [1.165, 1.54) is 37.8 Å². The normalized spacial score (nSPS) is 12.3. The van der Waals surface area contributed by atoms with Crippen molar-refractivity contribution in [1.82, 2.24) is 0 Å². The van der Waals surface area contributed by atoms with Crippen LogP contribution in [0.15, 0.2) is 72.8 Å². The Kier molecular flexibility index (Phi) is 13.2. The Balaban J connectivity index is 1.49. The number of hydrogen-bond donors (Lipinski definition) is 0. The van der Waals surface area contributed by atoms with Gasteiger partial charge in [-0.1, -0.05) is 70.7 Å². The van der Waals surface area contributed by atoms with Gasteiger partial charge in [-0.3, -0.25) is 0 Å². The molecule has 42 heavy (non-hydrogen) atoms. The van der Waals surface area contributed by atoms with Gasteiger partial charge in [0.15, 0.2) is 6.10 Å². The molecule has 0 aliphatic rings. The molecule has 7 heteroatoms. The third kappa shape index (κ3) is 10.5. The van der Waals surface area contributed by atoms with E-state index in [-0.39, 0.29) is 5.97 Å². The smallest absolute Gasteiger partial charge is 0.343 e. The third-order valence-electron chi connectivity index (χ3n) is 6.78. The molecule has 0 aliphatic heterocycles. The summed E-state index contributed by atoms with van der Waals surface area (Å²) in [5.74, 6) is -0.276. The lowest BCUT2D eigenvalue weighted by Gasteiger charge is -2.12. The van der Waals surface area contributed by atoms with E-state index in [1.54, 1.807) is 43.3 Å². The molecule has 224 valence electrons. The van der Waals surface area contributed by atoms with Crippen molar-refractivity contribution in [3.63, 3.8) is 0 Å². The average molecular weight is 575 g/mol. The highest BCUT2D eigenvalue weighted by Crippen LogP contribution is 2.24. The van der Waals surface area contributed by atoms with Gasteiger partial charge in [-0.25, -0.2) is 14.4 Å². The number of benzene rings is 3. The first-order valence-corrected chi connectivity index (χ1v) is 14.8. The van der Waals surface area contributed by atoms with Gasteiger partial charge in [0, 0.05) is 6.61 Å². The standard InChI is InChI=1S/C35H42O7/c1-5-7-8-9-10-25(3)24-40-34(37)29-13-11-27(12-14-29)28-15-19-32(20-16-28)42-35(38)30-17-21-31(22-18-30)41-33(36)26(4)39-23-6-2/h11-22,25-26H,5-10,23-24H2,1-4H3. The van der Waals surface area contributed by atoms with Gasteiger partial charge in [0.2, 0.25) is 0 Å². The average Bonchev–Trinajstić information content (AvgIpc) is 3.01. The van der Waals surface area contributed by atoms with E-state index in [0.29, 0.717) is 41.8 Å². The molecule has 7 nitrogen and oxygen atoms in total. The monoisotopic (exact) mass is 574 g/mol. The van der Waals surface area contributed by atoms with Crippen molar-refractivity contribution in [1.29, 1.82) is 0 Å². The summed E-state index contributed by atoms with van der Waals surface area (Å²) in [5.41, 5.74) is 2.68. The van der Waals surface area contributed by atoms with E-state index in [2.05, 4.69) is 13.8 Å². The predicted octanol–water partition coefficient (Wildman–Crippen LogP) is 8.06. The van der Waals surface area contributed by atoms with Gasteiger partial charge in [0.1, 0.15) is 11.5 Å². The number of rotatable bonds is 16. The van der Waals surface area contributed by atoms with E-state index in [4.69, 9.17) is 18.9 Å². The molecule has 0 saturated heterocycles. The van der Waals surface area contributed by atoms with Crippen molar-refractivity contribution in [2.45, 2.75) is 72.3 Å². The molecule has 0 radical (unpaired) electrons. The van der Waals surface area contributed by atoms with Crippen LogP contribution in [0.3, 0.4) is 0 Å². The summed E-state index contributed by atoms with van der Waals surface area (Å²) in [5, 5.41) is 0. The molecule has 0 bridgehead atoms. The van der Waals surface area contributed by atoms with Crippen LogP contribution >= 0.6 is 0 Å². The van der Waals surface area contributed by atoms with Crippen LogP contribution in [0.25, 0.3) is 11.1 Å². The van der Waals surface area contributed by atoms with Crippen LogP contribution < -0.4 is 9.47 Å². The maximum absolute atomic E-state index is 12.6. The highest BCUT2D eigenvalue weighted by atomic mass is 16.6. The molecule has 3 rings (SSSR count). The molecule has 2 unspecified atom stereocenters. The molecule has 3 aromatic carbocycles. The zero-order valence-corrected chi connectivity index (χ0v) is 25.1. The van der Waals surface area contributed by atoms with E-state index in [0.717, 1.165) is 24.0 Å². The molecule has 0 aromatic heterocycles. The maximum atomic E-state index is 12.6. The lowest BCUT2D eigenvalue weighted by molar-refractivity contribution is -0.146. The molecule has 3 aromatic rings. The molecule has 0 saturated carbocycles. The predicted molar refractivity (Wildman–Crippen MR) is 163 cm³/mol. The van der Waals surface area contributed by atoms with Crippen molar-refractivity contribution >= 4 is 17.9 Å². The fourth-order valence-electron chi connectivity index (χ4n) is 4.21. The Morgan fingerprint density at radius 3 is 1.81 bits per heavy atom. The molecule has 0 fully saturated rings. The summed E-state index contributed by atoms with van der Waals surface area (Å²) in [6, 6.07) is 20.5. The summed E-state index contributed by atoms with van der Waals surface area (Å²) >= 11 is 0. The molecule has 0 amide bonds. The minimum Gasteiger partial charge on any atom is -0.462 e. The Morgan fingerprint density at radius 1 is 0.643 bits per heavy atom. The summed E-state index contributed by atoms with van der Waals surface area (Å²) in [7, 11) is 0. The minimum atomic E-state index is -0.671. The van der Waals surface area contributed by atoms with Crippen LogP contribution in [-0.2, 0) is 14.3 Å². The van der Waals surface area contributed by atoms with Gasteiger partial charge < -0.3 is 18.9 Å². The van der Waals surface area contributed by atoms with Gasteiger partial charge in [0.25, 0.3) is 0 Å². The third-order valence-corrected chi connectivity index (χ3v) is 6.78. The number of carbonyl (C=O) groups is 3. The molecule has 0 aliphatic carbocycles. The lowest BCUT2D eigenvalue weighted by atomic mass is 10.0. The van der Waals surface area contributed by atoms with Gasteiger partial charge in [-0.05, 0) is 85.3 Å². The highest BCUT2D eigenvalue weighted by Gasteiger charge is 2.16. The Labute approximate surface area is 249 Å². The first-order chi connectivity index (χ1) is 20.3. The second-order valence-electron chi connectivity index (χ2n) is 10.5. The fraction of sp³-hybridized carbons (Fsp3) is 0.400. The van der Waals surface area contributed by atoms with Crippen molar-refractivity contribution < 1.29 is 33.3 Å². The number of esters is 3. The summed E-state index contributed by atoms with van der Waals surface area (Å²) in [6.07, 6.45) is 6.05. The molecule has 0 N–H and O–H groups in total. The quantitative estimate of drug-likeness (QED) is 0.0971. The molecular weight excluding hydrogens is 532 g/mol. The SMILES string of the molecule is CCCCCCC(C)COC(=O)c1ccc(-c2ccc(OC(=O)c3ccc(OC(=O)C(C)OCCC)cc3)cc2)cc1. The number of unbranched alkanes of at least 4 members (excludes halogenated alkanes) is 3. The summed E-state index contributed by atoms with van der Waals surface area (Å²) in [4.78, 5) is 37.2. The van der Waals surface area contributed by atoms with Crippen molar-refractivity contribution in [3.8, 4) is 22.6 Å². The Bertz CT molecular complexity index is 1260. The summed E-state index contributed by atoms with van der Waals surface area (Å²) in [6.45, 7) is 8.81. The van der Waals surface area contributed by atoms with Crippen molar-refractivity contribution in [3.05, 3.63) is 83.9 Å². The molecule has 2 atom stereocenters. The van der Waals surface area contributed by atoms with Crippen LogP contribution in [-0.4, -0.2) is 37.2 Å². The van der Waals surface area contributed by atoms with Crippen LogP contribution in [0.5, 0.6) is 11.5 Å². The van der Waals surface area contributed by atoms with Gasteiger partial charge in [0.05, 0.1) is 17.7 Å². The maximum Gasteiger partial charge on any atom is 0.343 e. The van der Waals surface area contributed by atoms with E-state index >= 15 is 0 Å². The highest BCUT2D eigenvalue weighted by molar-refractivity contribution is 5.91. The topological polar surface area (TPSA) is 88.1 Å². The zero-order chi connectivity index (χ0) is 30.3. The van der Waals surface area contributed by atoms with Gasteiger partial charge in [-0.2, -0.15) is 0 Å². The van der Waals surface area contributed by atoms with E-state index < -0.39 is 18.0 Å². The largest absolute Gasteiger partial charge is 0.462 e. The molecular formula is C35H42O7. The minimum absolute atomic E-state index is 0.314. The molecule has 0 heterocycles. The second kappa shape index (κ2) is 17.1. The number of ether oxygens (including phenoxy) is 4. The van der Waals surface area contributed by atoms with Crippen LogP contribution in [0.4, 0.5) is 0 Å². The van der Waals surface area contributed by atoms with E-state index in [9.17, 15) is 14.4 Å². The fourth-order valence-corrected chi connectivity index (χ4v) is 4.21. The van der Waals surface area contributed by atoms with Crippen molar-refractivity contribution in [2.24, 2.45) is 5.92 Å².